The Morgan fingerprint density at radius 1 is 1.47 bits per heavy atom. The molecule has 0 saturated carbocycles. The molecule has 6 heteroatoms. The minimum absolute atomic E-state index is 0.632. The second-order valence-corrected chi connectivity index (χ2v) is 4.45. The van der Waals surface area contributed by atoms with Gasteiger partial charge in [-0.05, 0) is 18.6 Å². The maximum atomic E-state index is 4.43. The lowest BCUT2D eigenvalue weighted by Gasteiger charge is -1.96. The Hall–Kier alpha value is -1.95. The van der Waals surface area contributed by atoms with E-state index in [0.29, 0.717) is 12.5 Å². The first-order chi connectivity index (χ1) is 8.33. The van der Waals surface area contributed by atoms with Crippen molar-refractivity contribution in [2.75, 3.05) is 5.32 Å². The van der Waals surface area contributed by atoms with Gasteiger partial charge in [0.15, 0.2) is 5.65 Å². The molecule has 0 amide bonds. The molecule has 0 atom stereocenters. The Kier molecular flexibility index (Phi) is 2.49. The van der Waals surface area contributed by atoms with Gasteiger partial charge in [0.25, 0.3) is 0 Å². The van der Waals surface area contributed by atoms with Crippen LogP contribution in [-0.2, 0) is 6.54 Å². The standard InChI is InChI=1S/C11H11N5S/c1-8-3-2-4-16-10(8)14-11(15-16)12-5-9-6-17-7-13-9/h2-4,6-7H,5H2,1H3,(H,12,15). The molecule has 86 valence electrons. The van der Waals surface area contributed by atoms with E-state index in [1.165, 1.54) is 0 Å². The Labute approximate surface area is 102 Å². The van der Waals surface area contributed by atoms with Crippen LogP contribution in [0.25, 0.3) is 5.65 Å². The van der Waals surface area contributed by atoms with Crippen LogP contribution in [0.1, 0.15) is 11.3 Å². The van der Waals surface area contributed by atoms with Crippen molar-refractivity contribution in [2.45, 2.75) is 13.5 Å². The van der Waals surface area contributed by atoms with E-state index in [9.17, 15) is 0 Å². The fourth-order valence-electron chi connectivity index (χ4n) is 1.61. The first-order valence-electron chi connectivity index (χ1n) is 5.26. The number of aromatic nitrogens is 4. The van der Waals surface area contributed by atoms with E-state index in [1.54, 1.807) is 15.9 Å². The average molecular weight is 245 g/mol. The van der Waals surface area contributed by atoms with E-state index < -0.39 is 0 Å². The molecule has 0 spiro atoms. The molecule has 3 aromatic heterocycles. The highest BCUT2D eigenvalue weighted by Crippen LogP contribution is 2.10. The molecule has 1 N–H and O–H groups in total. The summed E-state index contributed by atoms with van der Waals surface area (Å²) in [6.07, 6.45) is 1.89. The number of pyridine rings is 1. The third kappa shape index (κ3) is 1.99. The van der Waals surface area contributed by atoms with Gasteiger partial charge in [-0.1, -0.05) is 6.07 Å². The molecule has 0 unspecified atom stereocenters. The summed E-state index contributed by atoms with van der Waals surface area (Å²) in [5.74, 6) is 0.632. The summed E-state index contributed by atoms with van der Waals surface area (Å²) < 4.78 is 1.78. The maximum absolute atomic E-state index is 4.43. The molecule has 0 aliphatic carbocycles. The van der Waals surface area contributed by atoms with E-state index >= 15 is 0 Å². The largest absolute Gasteiger partial charge is 0.347 e. The number of anilines is 1. The summed E-state index contributed by atoms with van der Waals surface area (Å²) >= 11 is 1.59. The highest BCUT2D eigenvalue weighted by Gasteiger charge is 2.05. The first kappa shape index (κ1) is 10.2. The lowest BCUT2D eigenvalue weighted by Crippen LogP contribution is -2.01. The number of nitrogens with one attached hydrogen (secondary N) is 1. The Balaban J connectivity index is 1.84. The van der Waals surface area contributed by atoms with Crippen molar-refractivity contribution < 1.29 is 0 Å². The molecular weight excluding hydrogens is 234 g/mol. The predicted molar refractivity (Wildman–Crippen MR) is 67.2 cm³/mol. The van der Waals surface area contributed by atoms with E-state index in [2.05, 4.69) is 20.4 Å². The smallest absolute Gasteiger partial charge is 0.243 e. The van der Waals surface area contributed by atoms with Crippen molar-refractivity contribution in [3.63, 3.8) is 0 Å². The third-order valence-electron chi connectivity index (χ3n) is 2.47. The Bertz CT molecular complexity index is 628. The lowest BCUT2D eigenvalue weighted by molar-refractivity contribution is 0.941. The van der Waals surface area contributed by atoms with Gasteiger partial charge in [0.2, 0.25) is 5.95 Å². The zero-order chi connectivity index (χ0) is 11.7. The second kappa shape index (κ2) is 4.14. The highest BCUT2D eigenvalue weighted by atomic mass is 32.1. The quantitative estimate of drug-likeness (QED) is 0.767. The summed E-state index contributed by atoms with van der Waals surface area (Å²) in [4.78, 5) is 8.62. The van der Waals surface area contributed by atoms with Crippen molar-refractivity contribution in [1.29, 1.82) is 0 Å². The number of aryl methyl sites for hydroxylation is 1. The molecule has 3 rings (SSSR count). The summed E-state index contributed by atoms with van der Waals surface area (Å²) in [5, 5.41) is 9.52. The molecule has 17 heavy (non-hydrogen) atoms. The zero-order valence-electron chi connectivity index (χ0n) is 9.29. The van der Waals surface area contributed by atoms with Crippen LogP contribution >= 0.6 is 11.3 Å². The summed E-state index contributed by atoms with van der Waals surface area (Å²) in [6, 6.07) is 3.98. The maximum Gasteiger partial charge on any atom is 0.243 e. The Morgan fingerprint density at radius 3 is 3.18 bits per heavy atom. The van der Waals surface area contributed by atoms with Crippen LogP contribution in [0.15, 0.2) is 29.2 Å². The fourth-order valence-corrected chi connectivity index (χ4v) is 2.17. The number of rotatable bonds is 3. The minimum atomic E-state index is 0.632. The van der Waals surface area contributed by atoms with Crippen LogP contribution in [-0.4, -0.2) is 19.6 Å². The van der Waals surface area contributed by atoms with Crippen LogP contribution in [0.4, 0.5) is 5.95 Å². The van der Waals surface area contributed by atoms with Gasteiger partial charge in [0, 0.05) is 11.6 Å². The van der Waals surface area contributed by atoms with Gasteiger partial charge in [0.1, 0.15) is 0 Å². The molecule has 0 aliphatic rings. The second-order valence-electron chi connectivity index (χ2n) is 3.73. The van der Waals surface area contributed by atoms with Crippen molar-refractivity contribution in [2.24, 2.45) is 0 Å². The van der Waals surface area contributed by atoms with Crippen LogP contribution in [0.3, 0.4) is 0 Å². The molecule has 0 bridgehead atoms. The highest BCUT2D eigenvalue weighted by molar-refractivity contribution is 7.07. The number of fused-ring (bicyclic) bond motifs is 1. The van der Waals surface area contributed by atoms with Crippen LogP contribution in [0, 0.1) is 6.92 Å². The number of hydrogen-bond acceptors (Lipinski definition) is 5. The molecular formula is C11H11N5S. The summed E-state index contributed by atoms with van der Waals surface area (Å²) in [7, 11) is 0. The average Bonchev–Trinajstić information content (AvgIpc) is 2.95. The fraction of sp³-hybridized carbons (Fsp3) is 0.182. The molecule has 3 aromatic rings. The predicted octanol–water partition coefficient (Wildman–Crippen LogP) is 2.11. The first-order valence-corrected chi connectivity index (χ1v) is 6.20. The van der Waals surface area contributed by atoms with Crippen molar-refractivity contribution in [3.8, 4) is 0 Å². The van der Waals surface area contributed by atoms with Gasteiger partial charge in [-0.15, -0.1) is 16.4 Å². The molecule has 0 saturated heterocycles. The van der Waals surface area contributed by atoms with Gasteiger partial charge in [-0.2, -0.15) is 4.98 Å². The summed E-state index contributed by atoms with van der Waals surface area (Å²) in [6.45, 7) is 2.67. The summed E-state index contributed by atoms with van der Waals surface area (Å²) in [5.41, 5.74) is 4.82. The molecule has 0 radical (unpaired) electrons. The topological polar surface area (TPSA) is 55.1 Å². The van der Waals surface area contributed by atoms with Gasteiger partial charge in [-0.3, -0.25) is 0 Å². The van der Waals surface area contributed by atoms with Crippen molar-refractivity contribution in [1.82, 2.24) is 19.6 Å². The van der Waals surface area contributed by atoms with Gasteiger partial charge in [-0.25, -0.2) is 9.50 Å². The van der Waals surface area contributed by atoms with Crippen LogP contribution in [0.2, 0.25) is 0 Å². The molecule has 0 aromatic carbocycles. The van der Waals surface area contributed by atoms with E-state index in [1.807, 2.05) is 36.1 Å². The minimum Gasteiger partial charge on any atom is -0.347 e. The third-order valence-corrected chi connectivity index (χ3v) is 3.10. The van der Waals surface area contributed by atoms with Gasteiger partial charge in [0.05, 0.1) is 17.7 Å². The molecule has 0 aliphatic heterocycles. The zero-order valence-corrected chi connectivity index (χ0v) is 10.1. The van der Waals surface area contributed by atoms with Crippen LogP contribution in [0.5, 0.6) is 0 Å². The van der Waals surface area contributed by atoms with Gasteiger partial charge < -0.3 is 5.32 Å². The van der Waals surface area contributed by atoms with E-state index in [0.717, 1.165) is 16.9 Å². The number of thiazole rings is 1. The normalized spacial score (nSPS) is 10.9. The Morgan fingerprint density at radius 2 is 2.41 bits per heavy atom. The number of hydrogen-bond donors (Lipinski definition) is 1. The molecule has 0 fully saturated rings. The monoisotopic (exact) mass is 245 g/mol. The van der Waals surface area contributed by atoms with Gasteiger partial charge >= 0.3 is 0 Å². The SMILES string of the molecule is Cc1cccn2nc(NCc3cscn3)nc12. The van der Waals surface area contributed by atoms with Crippen molar-refractivity contribution in [3.05, 3.63) is 40.5 Å². The molecule has 3 heterocycles. The lowest BCUT2D eigenvalue weighted by atomic mass is 10.3. The van der Waals surface area contributed by atoms with E-state index in [4.69, 9.17) is 0 Å². The molecule has 5 nitrogen and oxygen atoms in total. The van der Waals surface area contributed by atoms with E-state index in [-0.39, 0.29) is 0 Å². The van der Waals surface area contributed by atoms with Crippen LogP contribution < -0.4 is 5.32 Å². The van der Waals surface area contributed by atoms with Crippen molar-refractivity contribution >= 4 is 22.9 Å². The number of nitrogens with zero attached hydrogens (tertiary/aromatic N) is 4.